The highest BCUT2D eigenvalue weighted by molar-refractivity contribution is 7.26. The van der Waals surface area contributed by atoms with Crippen LogP contribution in [0.25, 0.3) is 108 Å². The smallest absolute Gasteiger partial charge is 0.164 e. The Labute approximate surface area is 331 Å². The molecule has 0 aliphatic carbocycles. The van der Waals surface area contributed by atoms with Gasteiger partial charge >= 0.3 is 0 Å². The third-order valence-corrected chi connectivity index (χ3v) is 12.9. The zero-order valence-corrected chi connectivity index (χ0v) is 31.7. The summed E-state index contributed by atoms with van der Waals surface area (Å²) in [5, 5.41) is 5.09. The topological polar surface area (TPSA) is 38.7 Å². The van der Waals surface area contributed by atoms with Crippen molar-refractivity contribution in [1.82, 2.24) is 15.0 Å². The first-order chi connectivity index (χ1) is 27.7. The largest absolute Gasteiger partial charge is 0.208 e. The summed E-state index contributed by atoms with van der Waals surface area (Å²) in [4.78, 5) is 14.9. The Morgan fingerprint density at radius 1 is 0.268 bits per heavy atom. The second-order valence-corrected chi connectivity index (χ2v) is 16.1. The van der Waals surface area contributed by atoms with Gasteiger partial charge in [-0.3, -0.25) is 0 Å². The zero-order chi connectivity index (χ0) is 37.0. The highest BCUT2D eigenvalue weighted by Gasteiger charge is 2.17. The highest BCUT2D eigenvalue weighted by Crippen LogP contribution is 2.45. The van der Waals surface area contributed by atoms with Crippen molar-refractivity contribution in [3.63, 3.8) is 0 Å². The van der Waals surface area contributed by atoms with E-state index >= 15 is 0 Å². The molecule has 0 saturated heterocycles. The van der Waals surface area contributed by atoms with Crippen LogP contribution in [0.1, 0.15) is 0 Å². The monoisotopic (exact) mass is 749 g/mol. The van der Waals surface area contributed by atoms with Gasteiger partial charge in [-0.2, -0.15) is 0 Å². The van der Waals surface area contributed by atoms with E-state index in [2.05, 4.69) is 127 Å². The van der Waals surface area contributed by atoms with Crippen LogP contribution in [-0.2, 0) is 0 Å². The maximum Gasteiger partial charge on any atom is 0.164 e. The molecule has 3 nitrogen and oxygen atoms in total. The van der Waals surface area contributed by atoms with Crippen molar-refractivity contribution in [3.8, 4) is 67.5 Å². The van der Waals surface area contributed by atoms with E-state index in [0.29, 0.717) is 17.5 Å². The molecule has 8 aromatic carbocycles. The molecule has 0 N–H and O–H groups in total. The fourth-order valence-corrected chi connectivity index (χ4v) is 10.1. The maximum atomic E-state index is 5.00. The second kappa shape index (κ2) is 13.5. The number of fused-ring (bicyclic) bond motifs is 6. The predicted octanol–water partition coefficient (Wildman–Crippen LogP) is 14.6. The molecule has 56 heavy (non-hydrogen) atoms. The first-order valence-electron chi connectivity index (χ1n) is 18.7. The van der Waals surface area contributed by atoms with Crippen LogP contribution >= 0.6 is 22.7 Å². The van der Waals surface area contributed by atoms with Gasteiger partial charge in [0.15, 0.2) is 17.5 Å². The number of thiophene rings is 2. The van der Waals surface area contributed by atoms with Crippen molar-refractivity contribution in [1.29, 1.82) is 0 Å². The van der Waals surface area contributed by atoms with E-state index in [0.717, 1.165) is 16.7 Å². The quantitative estimate of drug-likeness (QED) is 0.170. The molecule has 3 heterocycles. The fraction of sp³-hybridized carbons (Fsp3) is 0. The number of benzene rings is 8. The molecule has 0 amide bonds. The Bertz CT molecular complexity index is 3180. The Morgan fingerprint density at radius 2 is 0.768 bits per heavy atom. The van der Waals surface area contributed by atoms with Gasteiger partial charge in [-0.15, -0.1) is 22.7 Å². The summed E-state index contributed by atoms with van der Waals surface area (Å²) < 4.78 is 5.08. The molecule has 0 spiro atoms. The molecule has 5 heteroatoms. The second-order valence-electron chi connectivity index (χ2n) is 14.0. The Balaban J connectivity index is 1.04. The van der Waals surface area contributed by atoms with E-state index in [-0.39, 0.29) is 0 Å². The molecule has 0 fully saturated rings. The van der Waals surface area contributed by atoms with Gasteiger partial charge in [-0.05, 0) is 64.2 Å². The molecule has 0 unspecified atom stereocenters. The lowest BCUT2D eigenvalue weighted by Crippen LogP contribution is -1.99. The molecule has 0 aliphatic rings. The first-order valence-corrected chi connectivity index (χ1v) is 20.3. The molecule has 0 bridgehead atoms. The molecule has 0 aliphatic heterocycles. The van der Waals surface area contributed by atoms with Crippen molar-refractivity contribution in [3.05, 3.63) is 188 Å². The average molecular weight is 750 g/mol. The minimum atomic E-state index is 0.664. The van der Waals surface area contributed by atoms with Crippen molar-refractivity contribution in [2.75, 3.05) is 0 Å². The Hall–Kier alpha value is -6.79. The first kappa shape index (κ1) is 32.6. The van der Waals surface area contributed by atoms with Crippen molar-refractivity contribution in [2.24, 2.45) is 0 Å². The fourth-order valence-electron chi connectivity index (χ4n) is 7.74. The van der Waals surface area contributed by atoms with Gasteiger partial charge in [-0.25, -0.2) is 15.0 Å². The maximum absolute atomic E-state index is 5.00. The van der Waals surface area contributed by atoms with Crippen LogP contribution in [-0.4, -0.2) is 15.0 Å². The summed E-state index contributed by atoms with van der Waals surface area (Å²) in [6.07, 6.45) is 0. The van der Waals surface area contributed by atoms with Gasteiger partial charge in [0, 0.05) is 62.6 Å². The molecular formula is C51H31N3S2. The van der Waals surface area contributed by atoms with Crippen LogP contribution in [0.15, 0.2) is 188 Å². The van der Waals surface area contributed by atoms with Crippen LogP contribution in [0, 0.1) is 0 Å². The summed E-state index contributed by atoms with van der Waals surface area (Å²) in [7, 11) is 0. The normalized spacial score (nSPS) is 11.6. The van der Waals surface area contributed by atoms with Crippen LogP contribution < -0.4 is 0 Å². The summed E-state index contributed by atoms with van der Waals surface area (Å²) in [5.74, 6) is 1.99. The highest BCUT2D eigenvalue weighted by atomic mass is 32.1. The van der Waals surface area contributed by atoms with Gasteiger partial charge < -0.3 is 0 Å². The number of rotatable bonds is 6. The SMILES string of the molecule is c1ccc(-c2cccc(-c3cc(-c4ccc5c(c4)sc4cc(-c6nc(-c7ccccc7)nc(-c7ccccc7)n6)ccc45)c4sc5ccccc5c4c3)c2)cc1. The molecule has 262 valence electrons. The minimum absolute atomic E-state index is 0.664. The van der Waals surface area contributed by atoms with Gasteiger partial charge in [0.25, 0.3) is 0 Å². The lowest BCUT2D eigenvalue weighted by atomic mass is 9.94. The van der Waals surface area contributed by atoms with E-state index < -0.39 is 0 Å². The molecule has 3 aromatic heterocycles. The van der Waals surface area contributed by atoms with E-state index in [4.69, 9.17) is 15.0 Å². The van der Waals surface area contributed by atoms with Crippen molar-refractivity contribution >= 4 is 63.0 Å². The summed E-state index contributed by atoms with van der Waals surface area (Å²) >= 11 is 3.70. The van der Waals surface area contributed by atoms with E-state index in [1.165, 1.54) is 73.7 Å². The van der Waals surface area contributed by atoms with E-state index in [1.807, 2.05) is 83.3 Å². The number of hydrogen-bond acceptors (Lipinski definition) is 5. The molecule has 0 atom stereocenters. The average Bonchev–Trinajstić information content (AvgIpc) is 3.84. The van der Waals surface area contributed by atoms with Crippen LogP contribution in [0.3, 0.4) is 0 Å². The summed E-state index contributed by atoms with van der Waals surface area (Å²) in [6, 6.07) is 67.0. The molecule has 11 rings (SSSR count). The van der Waals surface area contributed by atoms with Crippen molar-refractivity contribution < 1.29 is 0 Å². The lowest BCUT2D eigenvalue weighted by Gasteiger charge is -2.11. The Kier molecular flexibility index (Phi) is 7.87. The molecular weight excluding hydrogens is 719 g/mol. The molecule has 11 aromatic rings. The van der Waals surface area contributed by atoms with Gasteiger partial charge in [0.1, 0.15) is 0 Å². The van der Waals surface area contributed by atoms with E-state index in [9.17, 15) is 0 Å². The van der Waals surface area contributed by atoms with E-state index in [1.54, 1.807) is 0 Å². The Morgan fingerprint density at radius 3 is 1.43 bits per heavy atom. The summed E-state index contributed by atoms with van der Waals surface area (Å²) in [6.45, 7) is 0. The molecule has 0 saturated carbocycles. The van der Waals surface area contributed by atoms with Crippen LogP contribution in [0.5, 0.6) is 0 Å². The lowest BCUT2D eigenvalue weighted by molar-refractivity contribution is 1.07. The standard InChI is InChI=1S/C51H31N3S2/c1-4-13-32(14-5-1)35-19-12-20-36(27-35)39-28-43(48-44(29-39)40-21-10-11-22-45(40)56-48)37-23-25-41-42-26-24-38(31-47(42)55-46(41)30-37)51-53-49(33-15-6-2-7-16-33)52-50(54-51)34-17-8-3-9-18-34/h1-31H. The van der Waals surface area contributed by atoms with Gasteiger partial charge in [-0.1, -0.05) is 152 Å². The number of hydrogen-bond donors (Lipinski definition) is 0. The molecule has 0 radical (unpaired) electrons. The van der Waals surface area contributed by atoms with Gasteiger partial charge in [0.2, 0.25) is 0 Å². The zero-order valence-electron chi connectivity index (χ0n) is 30.1. The van der Waals surface area contributed by atoms with Gasteiger partial charge in [0.05, 0.1) is 0 Å². The van der Waals surface area contributed by atoms with Crippen LogP contribution in [0.2, 0.25) is 0 Å². The third-order valence-electron chi connectivity index (χ3n) is 10.5. The number of aromatic nitrogens is 3. The third kappa shape index (κ3) is 5.77. The number of nitrogens with zero attached hydrogens (tertiary/aromatic N) is 3. The van der Waals surface area contributed by atoms with Crippen molar-refractivity contribution in [2.45, 2.75) is 0 Å². The summed E-state index contributed by atoms with van der Waals surface area (Å²) in [5.41, 5.74) is 10.2. The van der Waals surface area contributed by atoms with Crippen LogP contribution in [0.4, 0.5) is 0 Å². The predicted molar refractivity (Wildman–Crippen MR) is 238 cm³/mol. The minimum Gasteiger partial charge on any atom is -0.208 e.